The summed E-state index contributed by atoms with van der Waals surface area (Å²) in [5.41, 5.74) is 0. The van der Waals surface area contributed by atoms with Gasteiger partial charge in [0.25, 0.3) is 11.8 Å². The summed E-state index contributed by atoms with van der Waals surface area (Å²) >= 11 is 21.5. The van der Waals surface area contributed by atoms with Crippen molar-refractivity contribution in [3.63, 3.8) is 0 Å². The molecule has 0 fully saturated rings. The zero-order chi connectivity index (χ0) is 9.62. The molecule has 0 spiro atoms. The highest BCUT2D eigenvalue weighted by molar-refractivity contribution is 8.23. The van der Waals surface area contributed by atoms with Gasteiger partial charge in [0.15, 0.2) is 0 Å². The fourth-order valence-electron chi connectivity index (χ4n) is 0.421. The van der Waals surface area contributed by atoms with Crippen molar-refractivity contribution in [1.82, 2.24) is 0 Å². The van der Waals surface area contributed by atoms with Crippen LogP contribution in [0.3, 0.4) is 0 Å². The van der Waals surface area contributed by atoms with E-state index in [-0.39, 0.29) is 0 Å². The lowest BCUT2D eigenvalue weighted by Crippen LogP contribution is -1.83. The van der Waals surface area contributed by atoms with Crippen LogP contribution in [-0.2, 0) is 10.3 Å². The van der Waals surface area contributed by atoms with Gasteiger partial charge >= 0.3 is 10.3 Å². The molecule has 1 atom stereocenters. The van der Waals surface area contributed by atoms with Crippen molar-refractivity contribution >= 4 is 67.1 Å². The molecule has 0 N–H and O–H groups in total. The molecule has 0 amide bonds. The Balaban J connectivity index is 3.58. The zero-order valence-corrected chi connectivity index (χ0v) is 10.6. The molecule has 0 saturated carbocycles. The summed E-state index contributed by atoms with van der Waals surface area (Å²) in [6.45, 7) is 0. The van der Waals surface area contributed by atoms with Gasteiger partial charge in [-0.15, -0.1) is 12.2 Å². The molecule has 4 nitrogen and oxygen atoms in total. The standard InChI is InChI=1S/Cl4FN3OP2S/c1-10(2)6-11(3,4)8-12(5,9)7-10. The lowest BCUT2D eigenvalue weighted by atomic mass is 13.8. The maximum absolute atomic E-state index is 12.7. The first-order valence-electron chi connectivity index (χ1n) is 2.16. The van der Waals surface area contributed by atoms with Crippen molar-refractivity contribution in [3.8, 4) is 0 Å². The molecule has 0 aromatic rings. The van der Waals surface area contributed by atoms with Crippen LogP contribution in [0.4, 0.5) is 3.89 Å². The average molecular weight is 313 g/mol. The molecule has 0 aromatic carbocycles. The highest BCUT2D eigenvalue weighted by atomic mass is 35.9. The van der Waals surface area contributed by atoms with Crippen molar-refractivity contribution in [3.05, 3.63) is 0 Å². The monoisotopic (exact) mass is 311 g/mol. The van der Waals surface area contributed by atoms with Crippen LogP contribution >= 0.6 is 56.8 Å². The normalized spacial score (nSPS) is 37.4. The lowest BCUT2D eigenvalue weighted by Gasteiger charge is -2.11. The Hall–Kier alpha value is 1.50. The van der Waals surface area contributed by atoms with E-state index in [9.17, 15) is 8.09 Å². The van der Waals surface area contributed by atoms with Gasteiger partial charge in [-0.3, -0.25) is 0 Å². The topological polar surface area (TPSA) is 54.1 Å². The summed E-state index contributed by atoms with van der Waals surface area (Å²) in [7, 11) is -4.32. The molecule has 0 aliphatic carbocycles. The summed E-state index contributed by atoms with van der Waals surface area (Å²) in [5.74, 6) is -6.69. The highest BCUT2D eigenvalue weighted by Gasteiger charge is 2.29. The number of hydrogen-bond donors (Lipinski definition) is 0. The van der Waals surface area contributed by atoms with E-state index >= 15 is 0 Å². The fraction of sp³-hybridized carbons (Fsp3) is 0. The molecule has 1 rings (SSSR count). The smallest absolute Gasteiger partial charge is 0.191 e. The third-order valence-corrected chi connectivity index (χ3v) is 10.2. The number of halogens is 5. The SMILES string of the molecule is O=S1(F)=NP(Cl)(Cl)=NP(Cl)(Cl)=N1. The van der Waals surface area contributed by atoms with Gasteiger partial charge in [0.1, 0.15) is 0 Å². The zero-order valence-electron chi connectivity index (χ0n) is 4.94. The van der Waals surface area contributed by atoms with E-state index in [1.54, 1.807) is 0 Å². The maximum atomic E-state index is 12.7. The summed E-state index contributed by atoms with van der Waals surface area (Å²) in [5, 5.41) is 0. The number of nitrogens with zero attached hydrogens (tertiary/aromatic N) is 3. The van der Waals surface area contributed by atoms with Crippen molar-refractivity contribution in [2.24, 2.45) is 12.8 Å². The van der Waals surface area contributed by atoms with Gasteiger partial charge in [0.2, 0.25) is 0 Å². The number of rotatable bonds is 0. The molecule has 72 valence electrons. The molecule has 1 aliphatic heterocycles. The van der Waals surface area contributed by atoms with Crippen LogP contribution in [0, 0.1) is 0 Å². The first-order valence-corrected chi connectivity index (χ1v) is 10.5. The highest BCUT2D eigenvalue weighted by Crippen LogP contribution is 2.78. The van der Waals surface area contributed by atoms with E-state index < -0.39 is 22.1 Å². The quantitative estimate of drug-likeness (QED) is 0.452. The van der Waals surface area contributed by atoms with Crippen molar-refractivity contribution in [1.29, 1.82) is 0 Å². The largest absolute Gasteiger partial charge is 0.321 e. The average Bonchev–Trinajstić information content (AvgIpc) is 1.44. The Morgan fingerprint density at radius 3 is 2.00 bits per heavy atom. The number of hydrogen-bond acceptors (Lipinski definition) is 3. The van der Waals surface area contributed by atoms with E-state index in [1.807, 2.05) is 0 Å². The molecule has 12 heteroatoms. The molecule has 0 radical (unpaired) electrons. The summed E-state index contributed by atoms with van der Waals surface area (Å²) in [6.07, 6.45) is 0. The molecule has 0 bridgehead atoms. The Morgan fingerprint density at radius 1 is 1.17 bits per heavy atom. The Morgan fingerprint density at radius 2 is 1.67 bits per heavy atom. The van der Waals surface area contributed by atoms with Crippen molar-refractivity contribution in [2.75, 3.05) is 0 Å². The Kier molecular flexibility index (Phi) is 3.15. The predicted octanol–water partition coefficient (Wildman–Crippen LogP) is 5.12. The van der Waals surface area contributed by atoms with Gasteiger partial charge in [0.05, 0.1) is 0 Å². The van der Waals surface area contributed by atoms with Crippen LogP contribution in [0.15, 0.2) is 12.8 Å². The minimum absolute atomic E-state index is 2.87. The molecule has 1 unspecified atom stereocenters. The van der Waals surface area contributed by atoms with Crippen LogP contribution < -0.4 is 0 Å². The van der Waals surface area contributed by atoms with E-state index in [0.29, 0.717) is 0 Å². The van der Waals surface area contributed by atoms with Crippen LogP contribution in [0.25, 0.3) is 0 Å². The minimum Gasteiger partial charge on any atom is -0.191 e. The van der Waals surface area contributed by atoms with Gasteiger partial charge in [-0.2, -0.15) is 8.72 Å². The van der Waals surface area contributed by atoms with E-state index in [2.05, 4.69) is 12.8 Å². The Labute approximate surface area is 87.7 Å². The second-order valence-electron chi connectivity index (χ2n) is 1.60. The Bertz CT molecular complexity index is 414. The van der Waals surface area contributed by atoms with Gasteiger partial charge < -0.3 is 0 Å². The first kappa shape index (κ1) is 11.6. The van der Waals surface area contributed by atoms with Crippen LogP contribution in [0.5, 0.6) is 0 Å². The van der Waals surface area contributed by atoms with E-state index in [1.165, 1.54) is 0 Å². The third-order valence-electron chi connectivity index (χ3n) is 0.613. The lowest BCUT2D eigenvalue weighted by molar-refractivity contribution is 0.642. The van der Waals surface area contributed by atoms with Gasteiger partial charge in [-0.05, 0) is 45.0 Å². The fourth-order valence-corrected chi connectivity index (χ4v) is 12.2. The van der Waals surface area contributed by atoms with Crippen molar-refractivity contribution in [2.45, 2.75) is 0 Å². The molecule has 1 aliphatic rings. The maximum Gasteiger partial charge on any atom is 0.321 e. The molecule has 12 heavy (non-hydrogen) atoms. The first-order chi connectivity index (χ1) is 5.12. The van der Waals surface area contributed by atoms with E-state index in [4.69, 9.17) is 45.0 Å². The van der Waals surface area contributed by atoms with Crippen molar-refractivity contribution < 1.29 is 8.09 Å². The second-order valence-corrected chi connectivity index (χ2v) is 13.0. The molecular formula is Cl4FN3OP2S. The van der Waals surface area contributed by atoms with Gasteiger partial charge in [0, 0.05) is 0 Å². The van der Waals surface area contributed by atoms with Gasteiger partial charge in [-0.1, -0.05) is 0 Å². The molecule has 0 saturated heterocycles. The third kappa shape index (κ3) is 3.33. The van der Waals surface area contributed by atoms with Crippen LogP contribution in [-0.4, -0.2) is 4.21 Å². The summed E-state index contributed by atoms with van der Waals surface area (Å²) in [4.78, 5) is 0. The van der Waals surface area contributed by atoms with Crippen LogP contribution in [0.2, 0.25) is 0 Å². The summed E-state index contributed by atoms with van der Waals surface area (Å²) in [6, 6.07) is 0. The predicted molar refractivity (Wildman–Crippen MR) is 53.8 cm³/mol. The van der Waals surface area contributed by atoms with E-state index in [0.717, 1.165) is 0 Å². The minimum atomic E-state index is -4.32. The van der Waals surface area contributed by atoms with Crippen LogP contribution in [0.1, 0.15) is 0 Å². The second kappa shape index (κ2) is 3.27. The van der Waals surface area contributed by atoms with Gasteiger partial charge in [-0.25, -0.2) is 0 Å². The molecular weight excluding hydrogens is 313 g/mol. The molecule has 1 heterocycles. The molecule has 0 aromatic heterocycles. The summed E-state index contributed by atoms with van der Waals surface area (Å²) < 4.78 is 32.5.